The predicted molar refractivity (Wildman–Crippen MR) is 124 cm³/mol. The average Bonchev–Trinajstić information content (AvgIpc) is 3.25. The third kappa shape index (κ3) is 5.38. The normalized spacial score (nSPS) is 22.0. The molecule has 0 aliphatic carbocycles. The van der Waals surface area contributed by atoms with E-state index in [4.69, 9.17) is 14.7 Å². The van der Waals surface area contributed by atoms with Crippen LogP contribution < -0.4 is 9.64 Å². The van der Waals surface area contributed by atoms with Gasteiger partial charge >= 0.3 is 6.18 Å². The summed E-state index contributed by atoms with van der Waals surface area (Å²) in [6.45, 7) is 4.94. The number of hydrogen-bond donors (Lipinski definition) is 0. The summed E-state index contributed by atoms with van der Waals surface area (Å²) >= 11 is 0. The van der Waals surface area contributed by atoms with Gasteiger partial charge in [0.15, 0.2) is 6.61 Å². The Morgan fingerprint density at radius 2 is 1.97 bits per heavy atom. The first-order chi connectivity index (χ1) is 16.8. The maximum Gasteiger partial charge on any atom is 0.417 e. The van der Waals surface area contributed by atoms with Gasteiger partial charge in [-0.2, -0.15) is 18.4 Å². The van der Waals surface area contributed by atoms with Crippen molar-refractivity contribution in [2.45, 2.75) is 19.5 Å². The quantitative estimate of drug-likeness (QED) is 0.581. The SMILES string of the molecule is CCOCC12CCN(c3ccc(C#N)c(C(F)(F)F)c3)CC1CN(C(=O)COc1ccccc1)C2. The van der Waals surface area contributed by atoms with Gasteiger partial charge in [0.2, 0.25) is 0 Å². The van der Waals surface area contributed by atoms with Crippen molar-refractivity contribution in [2.75, 3.05) is 50.9 Å². The Hall–Kier alpha value is -3.25. The first kappa shape index (κ1) is 24.9. The van der Waals surface area contributed by atoms with Crippen LogP contribution in [0.25, 0.3) is 0 Å². The van der Waals surface area contributed by atoms with E-state index in [1.807, 2.05) is 30.0 Å². The van der Waals surface area contributed by atoms with Crippen molar-refractivity contribution in [1.82, 2.24) is 4.90 Å². The van der Waals surface area contributed by atoms with Crippen molar-refractivity contribution in [3.05, 3.63) is 59.7 Å². The van der Waals surface area contributed by atoms with Crippen molar-refractivity contribution >= 4 is 11.6 Å². The molecule has 2 aliphatic heterocycles. The molecular formula is C26H28F3N3O3. The second-order valence-corrected chi connectivity index (χ2v) is 9.11. The summed E-state index contributed by atoms with van der Waals surface area (Å²) in [7, 11) is 0. The molecule has 2 atom stereocenters. The van der Waals surface area contributed by atoms with Gasteiger partial charge in [0.25, 0.3) is 5.91 Å². The molecule has 0 N–H and O–H groups in total. The Labute approximate surface area is 202 Å². The molecule has 35 heavy (non-hydrogen) atoms. The summed E-state index contributed by atoms with van der Waals surface area (Å²) in [6, 6.07) is 14.6. The Morgan fingerprint density at radius 3 is 2.66 bits per heavy atom. The molecule has 1 amide bonds. The lowest BCUT2D eigenvalue weighted by molar-refractivity contribution is -0.137. The smallest absolute Gasteiger partial charge is 0.417 e. The molecule has 2 aromatic carbocycles. The minimum atomic E-state index is -4.61. The number of piperidine rings is 1. The molecule has 2 unspecified atom stereocenters. The van der Waals surface area contributed by atoms with E-state index < -0.39 is 11.7 Å². The number of carbonyl (C=O) groups is 1. The molecule has 0 radical (unpaired) electrons. The monoisotopic (exact) mass is 487 g/mol. The Bertz CT molecular complexity index is 1090. The topological polar surface area (TPSA) is 65.8 Å². The number of fused-ring (bicyclic) bond motifs is 1. The third-order valence-corrected chi connectivity index (χ3v) is 6.98. The fraction of sp³-hybridized carbons (Fsp3) is 0.462. The van der Waals surface area contributed by atoms with E-state index in [0.29, 0.717) is 57.3 Å². The van der Waals surface area contributed by atoms with E-state index in [2.05, 4.69) is 0 Å². The van der Waals surface area contributed by atoms with Gasteiger partial charge in [0.05, 0.1) is 23.8 Å². The van der Waals surface area contributed by atoms with Gasteiger partial charge in [-0.15, -0.1) is 0 Å². The molecule has 0 aromatic heterocycles. The molecule has 9 heteroatoms. The van der Waals surface area contributed by atoms with Gasteiger partial charge in [-0.05, 0) is 43.7 Å². The van der Waals surface area contributed by atoms with E-state index in [1.54, 1.807) is 29.2 Å². The van der Waals surface area contributed by atoms with Crippen LogP contribution in [0.1, 0.15) is 24.5 Å². The van der Waals surface area contributed by atoms with Crippen LogP contribution in [0.15, 0.2) is 48.5 Å². The maximum atomic E-state index is 13.5. The molecule has 2 saturated heterocycles. The van der Waals surface area contributed by atoms with E-state index in [9.17, 15) is 18.0 Å². The number of para-hydroxylation sites is 1. The number of ether oxygens (including phenoxy) is 2. The molecule has 6 nitrogen and oxygen atoms in total. The van der Waals surface area contributed by atoms with Crippen molar-refractivity contribution < 1.29 is 27.4 Å². The minimum Gasteiger partial charge on any atom is -0.484 e. The largest absolute Gasteiger partial charge is 0.484 e. The second-order valence-electron chi connectivity index (χ2n) is 9.11. The van der Waals surface area contributed by atoms with Crippen LogP contribution in [-0.2, 0) is 15.7 Å². The lowest BCUT2D eigenvalue weighted by Crippen LogP contribution is -2.49. The first-order valence-electron chi connectivity index (χ1n) is 11.7. The highest BCUT2D eigenvalue weighted by Gasteiger charge is 2.51. The van der Waals surface area contributed by atoms with Crippen LogP contribution in [0.2, 0.25) is 0 Å². The number of rotatable bonds is 7. The van der Waals surface area contributed by atoms with Crippen molar-refractivity contribution in [3.63, 3.8) is 0 Å². The highest BCUT2D eigenvalue weighted by molar-refractivity contribution is 5.78. The van der Waals surface area contributed by atoms with Crippen LogP contribution >= 0.6 is 0 Å². The zero-order valence-corrected chi connectivity index (χ0v) is 19.6. The standard InChI is InChI=1S/C26H28F3N3O3/c1-2-34-18-25-10-11-31(21-9-8-19(13-30)23(12-21)26(27,28)29)14-20(25)15-32(17-25)24(33)16-35-22-6-4-3-5-7-22/h3-9,12,20H,2,10-11,14-18H2,1H3. The Balaban J connectivity index is 1.50. The van der Waals surface area contributed by atoms with Crippen molar-refractivity contribution in [3.8, 4) is 11.8 Å². The van der Waals surface area contributed by atoms with Gasteiger partial charge in [0.1, 0.15) is 5.75 Å². The predicted octanol–water partition coefficient (Wildman–Crippen LogP) is 4.35. The molecule has 4 rings (SSSR count). The number of likely N-dealkylation sites (tertiary alicyclic amines) is 1. The number of nitriles is 1. The lowest BCUT2D eigenvalue weighted by atomic mass is 9.73. The lowest BCUT2D eigenvalue weighted by Gasteiger charge is -2.44. The Kier molecular flexibility index (Phi) is 7.22. The van der Waals surface area contributed by atoms with Gasteiger partial charge in [-0.1, -0.05) is 18.2 Å². The number of alkyl halides is 3. The molecule has 0 bridgehead atoms. The third-order valence-electron chi connectivity index (χ3n) is 6.98. The zero-order chi connectivity index (χ0) is 25.1. The maximum absolute atomic E-state index is 13.5. The zero-order valence-electron chi connectivity index (χ0n) is 19.6. The summed E-state index contributed by atoms with van der Waals surface area (Å²) in [5.41, 5.74) is -1.14. The summed E-state index contributed by atoms with van der Waals surface area (Å²) in [5.74, 6) is 0.533. The van der Waals surface area contributed by atoms with Crippen molar-refractivity contribution in [2.24, 2.45) is 11.3 Å². The number of hydrogen-bond acceptors (Lipinski definition) is 5. The van der Waals surface area contributed by atoms with Crippen LogP contribution in [0.5, 0.6) is 5.75 Å². The molecule has 186 valence electrons. The number of nitrogens with zero attached hydrogens (tertiary/aromatic N) is 3. The minimum absolute atomic E-state index is 0.0356. The summed E-state index contributed by atoms with van der Waals surface area (Å²) in [4.78, 5) is 16.7. The number of carbonyl (C=O) groups excluding carboxylic acids is 1. The van der Waals surface area contributed by atoms with Gasteiger partial charge in [0, 0.05) is 49.8 Å². The van der Waals surface area contributed by atoms with E-state index in [0.717, 1.165) is 6.07 Å². The van der Waals surface area contributed by atoms with E-state index in [-0.39, 0.29) is 29.4 Å². The molecule has 0 spiro atoms. The van der Waals surface area contributed by atoms with Gasteiger partial charge in [-0.25, -0.2) is 0 Å². The van der Waals surface area contributed by atoms with Crippen LogP contribution in [-0.4, -0.2) is 56.8 Å². The van der Waals surface area contributed by atoms with E-state index >= 15 is 0 Å². The van der Waals surface area contributed by atoms with Gasteiger partial charge in [-0.3, -0.25) is 4.79 Å². The molecule has 2 heterocycles. The highest BCUT2D eigenvalue weighted by atomic mass is 19.4. The molecule has 2 aliphatic rings. The Morgan fingerprint density at radius 1 is 1.20 bits per heavy atom. The molecular weight excluding hydrogens is 459 g/mol. The second kappa shape index (κ2) is 10.2. The van der Waals surface area contributed by atoms with Crippen molar-refractivity contribution in [1.29, 1.82) is 5.26 Å². The summed E-state index contributed by atoms with van der Waals surface area (Å²) in [6.07, 6.45) is -3.92. The number of amides is 1. The molecule has 0 saturated carbocycles. The molecule has 2 aromatic rings. The molecule has 2 fully saturated rings. The average molecular weight is 488 g/mol. The summed E-state index contributed by atoms with van der Waals surface area (Å²) < 4.78 is 51.9. The number of anilines is 1. The van der Waals surface area contributed by atoms with Crippen LogP contribution in [0.4, 0.5) is 18.9 Å². The fourth-order valence-electron chi connectivity index (χ4n) is 5.06. The summed E-state index contributed by atoms with van der Waals surface area (Å²) in [5, 5.41) is 9.09. The van der Waals surface area contributed by atoms with Crippen LogP contribution in [0, 0.1) is 22.7 Å². The highest BCUT2D eigenvalue weighted by Crippen LogP contribution is 2.45. The first-order valence-corrected chi connectivity index (χ1v) is 11.7. The number of halogens is 3. The van der Waals surface area contributed by atoms with Crippen LogP contribution in [0.3, 0.4) is 0 Å². The fourth-order valence-corrected chi connectivity index (χ4v) is 5.06. The van der Waals surface area contributed by atoms with E-state index in [1.165, 1.54) is 6.07 Å². The van der Waals surface area contributed by atoms with Gasteiger partial charge < -0.3 is 19.3 Å². The number of benzene rings is 2.